The van der Waals surface area contributed by atoms with Crippen molar-refractivity contribution in [3.05, 3.63) is 6.42 Å². The van der Waals surface area contributed by atoms with E-state index in [1.54, 1.807) is 0 Å². The molecule has 0 unspecified atom stereocenters. The fraction of sp³-hybridized carbons (Fsp3) is 0.917. The maximum Gasteiger partial charge on any atom is 0.00954 e. The summed E-state index contributed by atoms with van der Waals surface area (Å²) < 4.78 is 0. The van der Waals surface area contributed by atoms with Crippen LogP contribution in [0.4, 0.5) is 0 Å². The maximum atomic E-state index is 2.80. The highest BCUT2D eigenvalue weighted by Crippen LogP contribution is 2.39. The average molecular weight is 178 g/mol. The third kappa shape index (κ3) is 1.41. The van der Waals surface area contributed by atoms with Gasteiger partial charge in [-0.05, 0) is 43.9 Å². The Balaban J connectivity index is 1.62. The second-order valence-electron chi connectivity index (χ2n) is 5.17. The summed E-state index contributed by atoms with van der Waals surface area (Å²) in [6.07, 6.45) is 11.3. The summed E-state index contributed by atoms with van der Waals surface area (Å²) in [6, 6.07) is 0.977. The zero-order chi connectivity index (χ0) is 8.67. The topological polar surface area (TPSA) is 3.24 Å². The highest BCUT2D eigenvalue weighted by molar-refractivity contribution is 4.97. The number of likely N-dealkylation sites (tertiary alicyclic amines) is 1. The van der Waals surface area contributed by atoms with Crippen molar-refractivity contribution in [3.63, 3.8) is 0 Å². The Labute approximate surface area is 81.5 Å². The van der Waals surface area contributed by atoms with E-state index in [1.165, 1.54) is 51.6 Å². The number of rotatable bonds is 1. The Morgan fingerprint density at radius 3 is 2.15 bits per heavy atom. The lowest BCUT2D eigenvalue weighted by atomic mass is 10.0. The Morgan fingerprint density at radius 2 is 1.54 bits per heavy atom. The predicted octanol–water partition coefficient (Wildman–Crippen LogP) is 2.48. The van der Waals surface area contributed by atoms with Crippen LogP contribution in [0.1, 0.15) is 38.5 Å². The minimum atomic E-state index is 0.977. The number of nitrogens with zero attached hydrogens (tertiary/aromatic N) is 1. The first-order valence-corrected chi connectivity index (χ1v) is 5.99. The first kappa shape index (κ1) is 8.28. The first-order chi connectivity index (χ1) is 6.43. The van der Waals surface area contributed by atoms with Crippen LogP contribution in [0.2, 0.25) is 0 Å². The van der Waals surface area contributed by atoms with Crippen molar-refractivity contribution in [2.24, 2.45) is 11.8 Å². The molecule has 2 aliphatic carbocycles. The van der Waals surface area contributed by atoms with Gasteiger partial charge in [-0.2, -0.15) is 0 Å². The molecule has 1 heteroatoms. The van der Waals surface area contributed by atoms with Crippen LogP contribution in [0, 0.1) is 18.3 Å². The van der Waals surface area contributed by atoms with E-state index in [4.69, 9.17) is 0 Å². The molecule has 0 amide bonds. The predicted molar refractivity (Wildman–Crippen MR) is 54.3 cm³/mol. The molecule has 3 fully saturated rings. The van der Waals surface area contributed by atoms with E-state index in [2.05, 4.69) is 11.3 Å². The highest BCUT2D eigenvalue weighted by Gasteiger charge is 2.39. The molecule has 1 heterocycles. The second kappa shape index (κ2) is 3.27. The molecule has 1 aliphatic heterocycles. The molecule has 73 valence electrons. The minimum absolute atomic E-state index is 0.977. The number of fused-ring (bicyclic) bond motifs is 1. The van der Waals surface area contributed by atoms with Crippen molar-refractivity contribution in [3.8, 4) is 0 Å². The van der Waals surface area contributed by atoms with Crippen LogP contribution >= 0.6 is 0 Å². The Kier molecular flexibility index (Phi) is 2.08. The highest BCUT2D eigenvalue weighted by atomic mass is 15.2. The monoisotopic (exact) mass is 178 g/mol. The van der Waals surface area contributed by atoms with Gasteiger partial charge < -0.3 is 0 Å². The summed E-state index contributed by atoms with van der Waals surface area (Å²) >= 11 is 0. The van der Waals surface area contributed by atoms with Crippen molar-refractivity contribution >= 4 is 0 Å². The third-order valence-corrected chi connectivity index (χ3v) is 4.38. The molecular formula is C12H20N. The maximum absolute atomic E-state index is 2.80. The molecular weight excluding hydrogens is 158 g/mol. The van der Waals surface area contributed by atoms with Crippen LogP contribution in [0.15, 0.2) is 0 Å². The molecule has 13 heavy (non-hydrogen) atoms. The van der Waals surface area contributed by atoms with Crippen LogP contribution in [-0.4, -0.2) is 24.0 Å². The molecule has 0 aromatic carbocycles. The van der Waals surface area contributed by atoms with Gasteiger partial charge in [-0.25, -0.2) is 0 Å². The smallest absolute Gasteiger partial charge is 0.00954 e. The minimum Gasteiger partial charge on any atom is -0.300 e. The standard InChI is InChI=1S/C12H20N/c1-2-7-12(6-1)13-8-10-4-3-5-11(10)9-13/h3,10-12H,1-2,4-9H2/t10-,11+. The van der Waals surface area contributed by atoms with Gasteiger partial charge >= 0.3 is 0 Å². The zero-order valence-corrected chi connectivity index (χ0v) is 8.41. The van der Waals surface area contributed by atoms with E-state index >= 15 is 0 Å². The lowest BCUT2D eigenvalue weighted by Crippen LogP contribution is -2.31. The summed E-state index contributed by atoms with van der Waals surface area (Å²) in [7, 11) is 0. The summed E-state index contributed by atoms with van der Waals surface area (Å²) in [5.74, 6) is 2.08. The summed E-state index contributed by atoms with van der Waals surface area (Å²) in [5.41, 5.74) is 0. The second-order valence-corrected chi connectivity index (χ2v) is 5.17. The Bertz CT molecular complexity index is 172. The van der Waals surface area contributed by atoms with Crippen molar-refractivity contribution in [1.29, 1.82) is 0 Å². The quantitative estimate of drug-likeness (QED) is 0.596. The van der Waals surface area contributed by atoms with Crippen molar-refractivity contribution in [1.82, 2.24) is 4.90 Å². The molecule has 0 bridgehead atoms. The lowest BCUT2D eigenvalue weighted by molar-refractivity contribution is 0.231. The van der Waals surface area contributed by atoms with Gasteiger partial charge in [0.15, 0.2) is 0 Å². The van der Waals surface area contributed by atoms with Crippen LogP contribution in [0.3, 0.4) is 0 Å². The van der Waals surface area contributed by atoms with Gasteiger partial charge in [-0.3, -0.25) is 4.90 Å². The first-order valence-electron chi connectivity index (χ1n) is 5.99. The van der Waals surface area contributed by atoms with Crippen LogP contribution in [0.5, 0.6) is 0 Å². The van der Waals surface area contributed by atoms with Gasteiger partial charge in [0.1, 0.15) is 0 Å². The van der Waals surface area contributed by atoms with Gasteiger partial charge in [0.25, 0.3) is 0 Å². The molecule has 1 saturated heterocycles. The van der Waals surface area contributed by atoms with E-state index in [-0.39, 0.29) is 0 Å². The van der Waals surface area contributed by atoms with E-state index in [1.807, 2.05) is 0 Å². The number of hydrogen-bond acceptors (Lipinski definition) is 1. The van der Waals surface area contributed by atoms with E-state index < -0.39 is 0 Å². The Morgan fingerprint density at radius 1 is 0.923 bits per heavy atom. The van der Waals surface area contributed by atoms with Gasteiger partial charge in [0.2, 0.25) is 0 Å². The molecule has 1 radical (unpaired) electrons. The molecule has 2 saturated carbocycles. The van der Waals surface area contributed by atoms with E-state index in [0.717, 1.165) is 17.9 Å². The average Bonchev–Trinajstić information content (AvgIpc) is 2.78. The van der Waals surface area contributed by atoms with Gasteiger partial charge in [0, 0.05) is 19.1 Å². The molecule has 1 nitrogen and oxygen atoms in total. The van der Waals surface area contributed by atoms with E-state index in [0.29, 0.717) is 0 Å². The molecule has 0 spiro atoms. The summed E-state index contributed by atoms with van der Waals surface area (Å²) in [6.45, 7) is 2.84. The van der Waals surface area contributed by atoms with E-state index in [9.17, 15) is 0 Å². The van der Waals surface area contributed by atoms with Crippen LogP contribution in [0.25, 0.3) is 0 Å². The van der Waals surface area contributed by atoms with Crippen molar-refractivity contribution in [2.75, 3.05) is 13.1 Å². The SMILES string of the molecule is [CH]1C[C@@H]2CN(C3CCCC3)C[C@@H]2C1. The van der Waals surface area contributed by atoms with Gasteiger partial charge in [-0.15, -0.1) is 0 Å². The third-order valence-electron chi connectivity index (χ3n) is 4.38. The fourth-order valence-corrected chi connectivity index (χ4v) is 3.60. The molecule has 3 aliphatic rings. The van der Waals surface area contributed by atoms with Crippen molar-refractivity contribution < 1.29 is 0 Å². The molecule has 0 aromatic heterocycles. The molecule has 3 rings (SSSR count). The molecule has 2 atom stereocenters. The molecule has 0 N–H and O–H groups in total. The van der Waals surface area contributed by atoms with Crippen LogP contribution < -0.4 is 0 Å². The molecule has 0 aromatic rings. The Hall–Kier alpha value is -0.0400. The van der Waals surface area contributed by atoms with Crippen LogP contribution in [-0.2, 0) is 0 Å². The largest absolute Gasteiger partial charge is 0.300 e. The van der Waals surface area contributed by atoms with Gasteiger partial charge in [-0.1, -0.05) is 12.8 Å². The van der Waals surface area contributed by atoms with Gasteiger partial charge in [0.05, 0.1) is 0 Å². The van der Waals surface area contributed by atoms with Crippen molar-refractivity contribution in [2.45, 2.75) is 44.6 Å². The fourth-order valence-electron chi connectivity index (χ4n) is 3.60. The summed E-state index contributed by atoms with van der Waals surface area (Å²) in [4.78, 5) is 2.80. The lowest BCUT2D eigenvalue weighted by Gasteiger charge is -2.24. The number of hydrogen-bond donors (Lipinski definition) is 0. The summed E-state index contributed by atoms with van der Waals surface area (Å²) in [5, 5.41) is 0. The normalized spacial score (nSPS) is 41.5. The zero-order valence-electron chi connectivity index (χ0n) is 8.41.